The van der Waals surface area contributed by atoms with Crippen molar-refractivity contribution < 1.29 is 14.6 Å². The van der Waals surface area contributed by atoms with E-state index in [0.717, 1.165) is 0 Å². The minimum atomic E-state index is -0.488. The van der Waals surface area contributed by atoms with Gasteiger partial charge in [-0.15, -0.1) is 0 Å². The van der Waals surface area contributed by atoms with Crippen molar-refractivity contribution in [2.24, 2.45) is 5.92 Å². The zero-order chi connectivity index (χ0) is 15.4. The molecule has 2 rings (SSSR count). The highest BCUT2D eigenvalue weighted by Gasteiger charge is 2.36. The lowest BCUT2D eigenvalue weighted by Gasteiger charge is -2.15. The Kier molecular flexibility index (Phi) is 4.92. The van der Waals surface area contributed by atoms with Crippen molar-refractivity contribution in [3.8, 4) is 0 Å². The summed E-state index contributed by atoms with van der Waals surface area (Å²) in [6, 6.07) is 1.52. The van der Waals surface area contributed by atoms with Crippen LogP contribution in [0.3, 0.4) is 0 Å². The lowest BCUT2D eigenvalue weighted by Crippen LogP contribution is -2.27. The van der Waals surface area contributed by atoms with Gasteiger partial charge in [0.2, 0.25) is 5.91 Å². The number of nitrogens with two attached hydrogens (primary N) is 1. The Bertz CT molecular complexity index is 559. The Balaban J connectivity index is 2.07. The number of hydrogen-bond donors (Lipinski definition) is 3. The maximum Gasteiger partial charge on any atom is 0.351 e. The lowest BCUT2D eigenvalue weighted by atomic mass is 9.95. The molecule has 0 unspecified atom stereocenters. The number of carbonyl (C=O) groups is 1. The molecule has 1 amide bonds. The van der Waals surface area contributed by atoms with E-state index >= 15 is 0 Å². The molecule has 2 heterocycles. The van der Waals surface area contributed by atoms with Crippen molar-refractivity contribution in [1.82, 2.24) is 14.9 Å². The number of nitrogens with zero attached hydrogens (tertiary/aromatic N) is 2. The second kappa shape index (κ2) is 6.68. The van der Waals surface area contributed by atoms with Crippen LogP contribution in [0.1, 0.15) is 25.5 Å². The van der Waals surface area contributed by atoms with E-state index in [4.69, 9.17) is 10.5 Å². The zero-order valence-corrected chi connectivity index (χ0v) is 11.9. The van der Waals surface area contributed by atoms with Crippen molar-refractivity contribution in [2.75, 3.05) is 19.4 Å². The number of nitrogen functional groups attached to an aromatic ring is 1. The summed E-state index contributed by atoms with van der Waals surface area (Å²) in [6.45, 7) is -0.147. The third kappa shape index (κ3) is 3.59. The standard InChI is InChI=1S/C13H20N4O4/c1-15-11(19)3-2-8-6-12(21-9(8)7-18)17-5-4-10(14)16-13(17)20/h4-5,8-9,12,18H,2-3,6-7H2,1H3,(H,15,19)(H2,14,16,20)/t8-,9+,12-/m0/s1. The molecule has 1 aromatic heterocycles. The number of rotatable bonds is 5. The summed E-state index contributed by atoms with van der Waals surface area (Å²) in [7, 11) is 1.58. The van der Waals surface area contributed by atoms with Crippen molar-refractivity contribution >= 4 is 11.7 Å². The van der Waals surface area contributed by atoms with Gasteiger partial charge in [0.15, 0.2) is 0 Å². The van der Waals surface area contributed by atoms with Crippen LogP contribution >= 0.6 is 0 Å². The predicted octanol–water partition coefficient (Wildman–Crippen LogP) is -0.752. The van der Waals surface area contributed by atoms with Gasteiger partial charge in [-0.05, 0) is 24.8 Å². The van der Waals surface area contributed by atoms with Crippen LogP contribution in [-0.4, -0.2) is 40.3 Å². The number of aliphatic hydroxyl groups excluding tert-OH is 1. The molecule has 0 saturated carbocycles. The van der Waals surface area contributed by atoms with Gasteiger partial charge in [-0.3, -0.25) is 9.36 Å². The molecule has 1 saturated heterocycles. The van der Waals surface area contributed by atoms with Gasteiger partial charge in [0.25, 0.3) is 0 Å². The summed E-state index contributed by atoms with van der Waals surface area (Å²) >= 11 is 0. The molecular formula is C13H20N4O4. The van der Waals surface area contributed by atoms with Gasteiger partial charge in [0, 0.05) is 19.7 Å². The molecular weight excluding hydrogens is 276 g/mol. The number of ether oxygens (including phenoxy) is 1. The van der Waals surface area contributed by atoms with Gasteiger partial charge in [-0.25, -0.2) is 4.79 Å². The van der Waals surface area contributed by atoms with Crippen molar-refractivity contribution in [1.29, 1.82) is 0 Å². The minimum Gasteiger partial charge on any atom is -0.394 e. The summed E-state index contributed by atoms with van der Waals surface area (Å²) < 4.78 is 7.06. The largest absolute Gasteiger partial charge is 0.394 e. The normalized spacial score (nSPS) is 25.0. The van der Waals surface area contributed by atoms with Crippen molar-refractivity contribution in [3.63, 3.8) is 0 Å². The van der Waals surface area contributed by atoms with Crippen LogP contribution in [0.2, 0.25) is 0 Å². The maximum absolute atomic E-state index is 11.8. The summed E-state index contributed by atoms with van der Waals surface area (Å²) in [5, 5.41) is 11.9. The highest BCUT2D eigenvalue weighted by atomic mass is 16.5. The second-order valence-electron chi connectivity index (χ2n) is 5.06. The second-order valence-corrected chi connectivity index (χ2v) is 5.06. The maximum atomic E-state index is 11.8. The average Bonchev–Trinajstić information content (AvgIpc) is 2.87. The number of anilines is 1. The fourth-order valence-electron chi connectivity index (χ4n) is 2.54. The van der Waals surface area contributed by atoms with Crippen molar-refractivity contribution in [3.05, 3.63) is 22.7 Å². The fourth-order valence-corrected chi connectivity index (χ4v) is 2.54. The SMILES string of the molecule is CNC(=O)CC[C@H]1C[C@@H](n2ccc(N)nc2=O)O[C@@H]1CO. The third-order valence-electron chi connectivity index (χ3n) is 3.72. The molecule has 116 valence electrons. The highest BCUT2D eigenvalue weighted by Crippen LogP contribution is 2.35. The number of aliphatic hydroxyl groups is 1. The predicted molar refractivity (Wildman–Crippen MR) is 75.3 cm³/mol. The Morgan fingerprint density at radius 2 is 2.43 bits per heavy atom. The molecule has 0 aliphatic carbocycles. The van der Waals surface area contributed by atoms with E-state index < -0.39 is 11.9 Å². The molecule has 1 aromatic rings. The van der Waals surface area contributed by atoms with Gasteiger partial charge in [-0.2, -0.15) is 4.98 Å². The fraction of sp³-hybridized carbons (Fsp3) is 0.615. The topological polar surface area (TPSA) is 119 Å². The quantitative estimate of drug-likeness (QED) is 0.657. The third-order valence-corrected chi connectivity index (χ3v) is 3.72. The zero-order valence-electron chi connectivity index (χ0n) is 11.9. The van der Waals surface area contributed by atoms with Crippen molar-refractivity contribution in [2.45, 2.75) is 31.6 Å². The van der Waals surface area contributed by atoms with Gasteiger partial charge in [-0.1, -0.05) is 0 Å². The summed E-state index contributed by atoms with van der Waals surface area (Å²) in [6.07, 6.45) is 2.17. The van der Waals surface area contributed by atoms with Gasteiger partial charge in [0.1, 0.15) is 12.0 Å². The van der Waals surface area contributed by atoms with Crippen LogP contribution < -0.4 is 16.7 Å². The molecule has 0 aromatic carbocycles. The summed E-state index contributed by atoms with van der Waals surface area (Å²) in [4.78, 5) is 26.8. The van der Waals surface area contributed by atoms with E-state index in [2.05, 4.69) is 10.3 Å². The molecule has 1 aliphatic rings. The van der Waals surface area contributed by atoms with E-state index in [9.17, 15) is 14.7 Å². The summed E-state index contributed by atoms with van der Waals surface area (Å²) in [5.74, 6) is 0.118. The van der Waals surface area contributed by atoms with Gasteiger partial charge < -0.3 is 20.9 Å². The number of carbonyl (C=O) groups excluding carboxylic acids is 1. The summed E-state index contributed by atoms with van der Waals surface area (Å²) in [5.41, 5.74) is 4.97. The molecule has 1 fully saturated rings. The van der Waals surface area contributed by atoms with E-state index in [0.29, 0.717) is 19.3 Å². The lowest BCUT2D eigenvalue weighted by molar-refractivity contribution is -0.121. The molecule has 0 spiro atoms. The average molecular weight is 296 g/mol. The molecule has 21 heavy (non-hydrogen) atoms. The van der Waals surface area contributed by atoms with E-state index in [-0.39, 0.29) is 30.4 Å². The monoisotopic (exact) mass is 296 g/mol. The molecule has 8 heteroatoms. The molecule has 0 bridgehead atoms. The van der Waals surface area contributed by atoms with Crippen LogP contribution in [0.25, 0.3) is 0 Å². The first-order valence-electron chi connectivity index (χ1n) is 6.86. The number of hydrogen-bond acceptors (Lipinski definition) is 6. The Hall–Kier alpha value is -1.93. The first kappa shape index (κ1) is 15.5. The number of aromatic nitrogens is 2. The van der Waals surface area contributed by atoms with E-state index in [1.165, 1.54) is 16.8 Å². The van der Waals surface area contributed by atoms with Crippen LogP contribution in [-0.2, 0) is 9.53 Å². The first-order chi connectivity index (χ1) is 10.0. The number of nitrogens with one attached hydrogen (secondary N) is 1. The number of amides is 1. The van der Waals surface area contributed by atoms with Crippen LogP contribution in [0.5, 0.6) is 0 Å². The smallest absolute Gasteiger partial charge is 0.351 e. The molecule has 4 N–H and O–H groups in total. The Labute approximate surface area is 121 Å². The molecule has 8 nitrogen and oxygen atoms in total. The minimum absolute atomic E-state index is 0.0155. The van der Waals surface area contributed by atoms with E-state index in [1.807, 2.05) is 0 Å². The van der Waals surface area contributed by atoms with Crippen LogP contribution in [0, 0.1) is 5.92 Å². The van der Waals surface area contributed by atoms with Gasteiger partial charge in [0.05, 0.1) is 12.7 Å². The Morgan fingerprint density at radius 1 is 1.67 bits per heavy atom. The first-order valence-corrected chi connectivity index (χ1v) is 6.86. The molecule has 1 aliphatic heterocycles. The van der Waals surface area contributed by atoms with Gasteiger partial charge >= 0.3 is 5.69 Å². The highest BCUT2D eigenvalue weighted by molar-refractivity contribution is 5.75. The van der Waals surface area contributed by atoms with Crippen LogP contribution in [0.15, 0.2) is 17.1 Å². The molecule has 0 radical (unpaired) electrons. The molecule has 3 atom stereocenters. The van der Waals surface area contributed by atoms with E-state index in [1.54, 1.807) is 7.05 Å². The Morgan fingerprint density at radius 3 is 3.05 bits per heavy atom. The van der Waals surface area contributed by atoms with Crippen LogP contribution in [0.4, 0.5) is 5.82 Å².